The van der Waals surface area contributed by atoms with E-state index in [1.54, 1.807) is 24.3 Å². The third-order valence-corrected chi connectivity index (χ3v) is 2.65. The van der Waals surface area contributed by atoms with E-state index in [1.807, 2.05) is 6.92 Å². The number of hydrogen-bond donors (Lipinski definition) is 1. The van der Waals surface area contributed by atoms with Gasteiger partial charge in [-0.1, -0.05) is 6.07 Å². The molecule has 1 amide bonds. The van der Waals surface area contributed by atoms with Crippen LogP contribution in [0.5, 0.6) is 11.5 Å². The second-order valence-electron chi connectivity index (χ2n) is 4.26. The highest BCUT2D eigenvalue weighted by molar-refractivity contribution is 5.93. The van der Waals surface area contributed by atoms with Crippen molar-refractivity contribution in [2.75, 3.05) is 27.3 Å². The van der Waals surface area contributed by atoms with Crippen molar-refractivity contribution < 1.29 is 24.2 Å². The number of amides is 1. The van der Waals surface area contributed by atoms with Gasteiger partial charge in [0, 0.05) is 13.1 Å². The van der Waals surface area contributed by atoms with Gasteiger partial charge < -0.3 is 19.5 Å². The zero-order valence-corrected chi connectivity index (χ0v) is 12.3. The van der Waals surface area contributed by atoms with Gasteiger partial charge >= 0.3 is 5.97 Å². The molecule has 0 atom stereocenters. The summed E-state index contributed by atoms with van der Waals surface area (Å²) in [7, 11) is 2.97. The lowest BCUT2D eigenvalue weighted by molar-refractivity contribution is -0.141. The Morgan fingerprint density at radius 3 is 2.62 bits per heavy atom. The first-order valence-electron chi connectivity index (χ1n) is 6.43. The van der Waals surface area contributed by atoms with Crippen molar-refractivity contribution in [1.82, 2.24) is 4.90 Å². The molecule has 0 radical (unpaired) electrons. The van der Waals surface area contributed by atoms with Crippen LogP contribution in [0.1, 0.15) is 12.5 Å². The number of nitrogens with zero attached hydrogens (tertiary/aromatic N) is 1. The number of carbonyl (C=O) groups excluding carboxylic acids is 1. The minimum atomic E-state index is -1.05. The molecule has 0 aromatic heterocycles. The maximum absolute atomic E-state index is 11.7. The van der Waals surface area contributed by atoms with Crippen LogP contribution in [0.3, 0.4) is 0 Å². The van der Waals surface area contributed by atoms with E-state index in [0.717, 1.165) is 10.5 Å². The Morgan fingerprint density at radius 2 is 2.05 bits per heavy atom. The lowest BCUT2D eigenvalue weighted by Gasteiger charge is -2.11. The number of aliphatic carboxylic acids is 1. The van der Waals surface area contributed by atoms with Gasteiger partial charge in [0.05, 0.1) is 13.7 Å². The number of likely N-dealkylation sites (N-methyl/N-ethyl adjacent to an activating group) is 1. The van der Waals surface area contributed by atoms with E-state index in [-0.39, 0.29) is 12.5 Å². The van der Waals surface area contributed by atoms with Crippen molar-refractivity contribution in [1.29, 1.82) is 0 Å². The topological polar surface area (TPSA) is 76.1 Å². The molecule has 0 bridgehead atoms. The lowest BCUT2D eigenvalue weighted by Crippen LogP contribution is -2.30. The Hall–Kier alpha value is -2.50. The molecule has 1 rings (SSSR count). The molecular formula is C15H19NO5. The maximum Gasteiger partial charge on any atom is 0.323 e. The third kappa shape index (κ3) is 5.18. The zero-order valence-electron chi connectivity index (χ0n) is 12.3. The lowest BCUT2D eigenvalue weighted by atomic mass is 10.2. The smallest absolute Gasteiger partial charge is 0.323 e. The van der Waals surface area contributed by atoms with E-state index < -0.39 is 5.97 Å². The summed E-state index contributed by atoms with van der Waals surface area (Å²) in [5.41, 5.74) is 0.757. The fraction of sp³-hybridized carbons (Fsp3) is 0.333. The zero-order chi connectivity index (χ0) is 15.8. The highest BCUT2D eigenvalue weighted by atomic mass is 16.5. The summed E-state index contributed by atoms with van der Waals surface area (Å²) in [6.07, 6.45) is 2.91. The first kappa shape index (κ1) is 16.6. The number of benzene rings is 1. The predicted octanol–water partition coefficient (Wildman–Crippen LogP) is 1.65. The second-order valence-corrected chi connectivity index (χ2v) is 4.26. The van der Waals surface area contributed by atoms with E-state index in [1.165, 1.54) is 20.2 Å². The Bertz CT molecular complexity index is 539. The summed E-state index contributed by atoms with van der Waals surface area (Å²) in [5.74, 6) is -0.232. The van der Waals surface area contributed by atoms with Crippen molar-refractivity contribution in [2.45, 2.75) is 6.92 Å². The Morgan fingerprint density at radius 1 is 1.33 bits per heavy atom. The number of carboxylic acid groups (broad SMARTS) is 1. The van der Waals surface area contributed by atoms with E-state index in [9.17, 15) is 9.59 Å². The summed E-state index contributed by atoms with van der Waals surface area (Å²) in [6.45, 7) is 2.07. The summed E-state index contributed by atoms with van der Waals surface area (Å²) < 4.78 is 10.6. The quantitative estimate of drug-likeness (QED) is 0.774. The maximum atomic E-state index is 11.7. The van der Waals surface area contributed by atoms with Crippen LogP contribution in [0, 0.1) is 0 Å². The number of carbonyl (C=O) groups is 2. The van der Waals surface area contributed by atoms with Crippen LogP contribution in [-0.4, -0.2) is 49.2 Å². The van der Waals surface area contributed by atoms with Crippen molar-refractivity contribution in [3.63, 3.8) is 0 Å². The van der Waals surface area contributed by atoms with E-state index in [0.29, 0.717) is 18.1 Å². The summed E-state index contributed by atoms with van der Waals surface area (Å²) in [6, 6.07) is 5.29. The van der Waals surface area contributed by atoms with E-state index in [2.05, 4.69) is 0 Å². The van der Waals surface area contributed by atoms with Gasteiger partial charge in [0.2, 0.25) is 5.91 Å². The minimum Gasteiger partial charge on any atom is -0.493 e. The van der Waals surface area contributed by atoms with Gasteiger partial charge in [-0.25, -0.2) is 0 Å². The molecule has 0 saturated heterocycles. The SMILES string of the molecule is CCOc1ccc(/C=C/C(=O)N(C)CC(=O)O)cc1OC. The molecule has 0 aliphatic rings. The highest BCUT2D eigenvalue weighted by Gasteiger charge is 2.09. The van der Waals surface area contributed by atoms with Crippen LogP contribution in [0.2, 0.25) is 0 Å². The van der Waals surface area contributed by atoms with Gasteiger partial charge in [0.15, 0.2) is 11.5 Å². The molecule has 0 saturated carbocycles. The van der Waals surface area contributed by atoms with Crippen molar-refractivity contribution in [3.8, 4) is 11.5 Å². The second kappa shape index (κ2) is 7.94. The van der Waals surface area contributed by atoms with E-state index in [4.69, 9.17) is 14.6 Å². The van der Waals surface area contributed by atoms with Crippen molar-refractivity contribution >= 4 is 18.0 Å². The first-order chi connectivity index (χ1) is 9.97. The van der Waals surface area contributed by atoms with Crippen LogP contribution in [0.25, 0.3) is 6.08 Å². The third-order valence-electron chi connectivity index (χ3n) is 2.65. The van der Waals surface area contributed by atoms with Crippen LogP contribution in [0.4, 0.5) is 0 Å². The van der Waals surface area contributed by atoms with Gasteiger partial charge in [0.25, 0.3) is 0 Å². The number of hydrogen-bond acceptors (Lipinski definition) is 4. The number of methoxy groups -OCH3 is 1. The highest BCUT2D eigenvalue weighted by Crippen LogP contribution is 2.28. The molecule has 6 nitrogen and oxygen atoms in total. The van der Waals surface area contributed by atoms with Gasteiger partial charge in [-0.3, -0.25) is 9.59 Å². The van der Waals surface area contributed by atoms with E-state index >= 15 is 0 Å². The molecule has 0 spiro atoms. The number of carboxylic acids is 1. The average Bonchev–Trinajstić information content (AvgIpc) is 2.45. The fourth-order valence-electron chi connectivity index (χ4n) is 1.64. The fourth-order valence-corrected chi connectivity index (χ4v) is 1.64. The molecule has 6 heteroatoms. The Kier molecular flexibility index (Phi) is 6.26. The van der Waals surface area contributed by atoms with Crippen LogP contribution in [-0.2, 0) is 9.59 Å². The standard InChI is InChI=1S/C15H19NO5/c1-4-21-12-7-5-11(9-13(12)20-3)6-8-14(17)16(2)10-15(18)19/h5-9H,4,10H2,1-3H3,(H,18,19)/b8-6+. The molecule has 0 aliphatic carbocycles. The first-order valence-corrected chi connectivity index (χ1v) is 6.43. The molecule has 1 aromatic rings. The molecule has 0 fully saturated rings. The molecule has 0 heterocycles. The molecule has 1 aromatic carbocycles. The monoisotopic (exact) mass is 293 g/mol. The molecule has 114 valence electrons. The van der Waals surface area contributed by atoms with Gasteiger partial charge in [0.1, 0.15) is 6.54 Å². The molecule has 0 aliphatic heterocycles. The molecular weight excluding hydrogens is 274 g/mol. The minimum absolute atomic E-state index is 0.338. The summed E-state index contributed by atoms with van der Waals surface area (Å²) in [4.78, 5) is 23.3. The molecule has 1 N–H and O–H groups in total. The summed E-state index contributed by atoms with van der Waals surface area (Å²) in [5, 5.41) is 8.62. The van der Waals surface area contributed by atoms with Crippen molar-refractivity contribution in [3.05, 3.63) is 29.8 Å². The molecule has 0 unspecified atom stereocenters. The van der Waals surface area contributed by atoms with Crippen LogP contribution >= 0.6 is 0 Å². The molecule has 21 heavy (non-hydrogen) atoms. The Balaban J connectivity index is 2.80. The largest absolute Gasteiger partial charge is 0.493 e. The van der Waals surface area contributed by atoms with Gasteiger partial charge in [-0.05, 0) is 30.7 Å². The normalized spacial score (nSPS) is 10.4. The van der Waals surface area contributed by atoms with Crippen molar-refractivity contribution in [2.24, 2.45) is 0 Å². The number of rotatable bonds is 7. The van der Waals surface area contributed by atoms with Gasteiger partial charge in [-0.2, -0.15) is 0 Å². The number of ether oxygens (including phenoxy) is 2. The van der Waals surface area contributed by atoms with Crippen LogP contribution in [0.15, 0.2) is 24.3 Å². The predicted molar refractivity (Wildman–Crippen MR) is 78.5 cm³/mol. The van der Waals surface area contributed by atoms with Crippen LogP contribution < -0.4 is 9.47 Å². The average molecular weight is 293 g/mol. The summed E-state index contributed by atoms with van der Waals surface area (Å²) >= 11 is 0. The Labute approximate surface area is 123 Å². The van der Waals surface area contributed by atoms with Gasteiger partial charge in [-0.15, -0.1) is 0 Å².